The van der Waals surface area contributed by atoms with E-state index in [1.807, 2.05) is 50.2 Å². The molecule has 6 nitrogen and oxygen atoms in total. The molecule has 0 bridgehead atoms. The van der Waals surface area contributed by atoms with Crippen LogP contribution in [0.15, 0.2) is 83.8 Å². The zero-order chi connectivity index (χ0) is 24.4. The number of anilines is 1. The van der Waals surface area contributed by atoms with Crippen molar-refractivity contribution in [3.8, 4) is 5.75 Å². The molecule has 0 aliphatic rings. The molecular formula is C27H32N2O4S. The highest BCUT2D eigenvalue weighted by molar-refractivity contribution is 7.92. The van der Waals surface area contributed by atoms with Gasteiger partial charge in [0.2, 0.25) is 5.91 Å². The van der Waals surface area contributed by atoms with Gasteiger partial charge in [-0.05, 0) is 67.6 Å². The molecular weight excluding hydrogens is 448 g/mol. The average molecular weight is 481 g/mol. The lowest BCUT2D eigenvalue weighted by Gasteiger charge is -2.24. The lowest BCUT2D eigenvalue weighted by Crippen LogP contribution is -2.41. The minimum atomic E-state index is -3.90. The number of carbonyl (C=O) groups is 1. The van der Waals surface area contributed by atoms with Crippen LogP contribution < -0.4 is 14.4 Å². The normalized spacial score (nSPS) is 11.1. The van der Waals surface area contributed by atoms with E-state index in [0.717, 1.165) is 29.7 Å². The highest BCUT2D eigenvalue weighted by Crippen LogP contribution is 2.24. The van der Waals surface area contributed by atoms with Gasteiger partial charge in [-0.25, -0.2) is 8.42 Å². The van der Waals surface area contributed by atoms with Crippen LogP contribution in [-0.4, -0.2) is 34.0 Å². The van der Waals surface area contributed by atoms with Gasteiger partial charge in [0.15, 0.2) is 0 Å². The first-order valence-corrected chi connectivity index (χ1v) is 13.0. The number of ether oxygens (including phenoxy) is 1. The van der Waals surface area contributed by atoms with Crippen molar-refractivity contribution in [2.45, 2.75) is 38.0 Å². The first-order chi connectivity index (χ1) is 16.5. The number of sulfonamides is 1. The summed E-state index contributed by atoms with van der Waals surface area (Å²) in [6, 6.07) is 23.3. The summed E-state index contributed by atoms with van der Waals surface area (Å²) in [7, 11) is -3.90. The zero-order valence-electron chi connectivity index (χ0n) is 19.7. The van der Waals surface area contributed by atoms with Crippen LogP contribution in [0.4, 0.5) is 5.69 Å². The smallest absolute Gasteiger partial charge is 0.264 e. The molecule has 1 amide bonds. The first kappa shape index (κ1) is 25.3. The van der Waals surface area contributed by atoms with Crippen molar-refractivity contribution in [3.63, 3.8) is 0 Å². The van der Waals surface area contributed by atoms with Crippen molar-refractivity contribution in [3.05, 3.63) is 90.0 Å². The zero-order valence-corrected chi connectivity index (χ0v) is 20.6. The Labute approximate surface area is 202 Å². The summed E-state index contributed by atoms with van der Waals surface area (Å²) in [5.41, 5.74) is 2.64. The first-order valence-electron chi connectivity index (χ1n) is 11.6. The largest absolute Gasteiger partial charge is 0.494 e. The molecule has 0 saturated heterocycles. The van der Waals surface area contributed by atoms with E-state index in [1.165, 1.54) is 16.4 Å². The minimum Gasteiger partial charge on any atom is -0.494 e. The van der Waals surface area contributed by atoms with Gasteiger partial charge in [-0.3, -0.25) is 9.10 Å². The highest BCUT2D eigenvalue weighted by Gasteiger charge is 2.27. The Balaban J connectivity index is 1.68. The van der Waals surface area contributed by atoms with Gasteiger partial charge in [0.1, 0.15) is 12.3 Å². The van der Waals surface area contributed by atoms with Gasteiger partial charge in [0.25, 0.3) is 10.0 Å². The Morgan fingerprint density at radius 2 is 1.59 bits per heavy atom. The van der Waals surface area contributed by atoms with Crippen LogP contribution in [0.1, 0.15) is 31.4 Å². The predicted molar refractivity (Wildman–Crippen MR) is 136 cm³/mol. The lowest BCUT2D eigenvalue weighted by atomic mass is 10.1. The minimum absolute atomic E-state index is 0.148. The molecule has 0 aromatic heterocycles. The Kier molecular flexibility index (Phi) is 9.10. The molecule has 180 valence electrons. The van der Waals surface area contributed by atoms with E-state index in [-0.39, 0.29) is 17.3 Å². The summed E-state index contributed by atoms with van der Waals surface area (Å²) >= 11 is 0. The van der Waals surface area contributed by atoms with E-state index in [1.54, 1.807) is 30.3 Å². The summed E-state index contributed by atoms with van der Waals surface area (Å²) < 4.78 is 33.6. The molecule has 3 rings (SSSR count). The molecule has 0 aliphatic carbocycles. The fourth-order valence-electron chi connectivity index (χ4n) is 3.63. The number of nitrogens with one attached hydrogen (secondary N) is 1. The number of carbonyl (C=O) groups excluding carboxylic acids is 1. The number of amides is 1. The van der Waals surface area contributed by atoms with E-state index in [4.69, 9.17) is 4.74 Å². The molecule has 0 radical (unpaired) electrons. The van der Waals surface area contributed by atoms with E-state index in [9.17, 15) is 13.2 Å². The number of para-hydroxylation sites is 1. The Morgan fingerprint density at radius 1 is 0.912 bits per heavy atom. The number of aryl methyl sites for hydroxylation is 2. The molecule has 3 aromatic rings. The fourth-order valence-corrected chi connectivity index (χ4v) is 5.07. The van der Waals surface area contributed by atoms with Crippen LogP contribution in [-0.2, 0) is 27.7 Å². The predicted octanol–water partition coefficient (Wildman–Crippen LogP) is 4.59. The van der Waals surface area contributed by atoms with Crippen LogP contribution in [0.2, 0.25) is 0 Å². The maximum Gasteiger partial charge on any atom is 0.264 e. The maximum atomic E-state index is 13.4. The van der Waals surface area contributed by atoms with Gasteiger partial charge in [-0.15, -0.1) is 0 Å². The topological polar surface area (TPSA) is 75.7 Å². The van der Waals surface area contributed by atoms with Crippen molar-refractivity contribution < 1.29 is 17.9 Å². The van der Waals surface area contributed by atoms with Crippen LogP contribution in [0, 0.1) is 0 Å². The second-order valence-electron chi connectivity index (χ2n) is 7.84. The second-order valence-corrected chi connectivity index (χ2v) is 9.70. The highest BCUT2D eigenvalue weighted by atomic mass is 32.2. The summed E-state index contributed by atoms with van der Waals surface area (Å²) in [5, 5.41) is 2.86. The van der Waals surface area contributed by atoms with Crippen LogP contribution in [0.25, 0.3) is 0 Å². The molecule has 1 N–H and O–H groups in total. The summed E-state index contributed by atoms with van der Waals surface area (Å²) in [4.78, 5) is 12.9. The van der Waals surface area contributed by atoms with E-state index in [0.29, 0.717) is 25.3 Å². The third-order valence-corrected chi connectivity index (χ3v) is 7.26. The Morgan fingerprint density at radius 3 is 2.26 bits per heavy atom. The quantitative estimate of drug-likeness (QED) is 0.385. The monoisotopic (exact) mass is 480 g/mol. The van der Waals surface area contributed by atoms with Gasteiger partial charge in [-0.1, -0.05) is 55.5 Å². The number of hydrogen-bond donors (Lipinski definition) is 1. The molecule has 7 heteroatoms. The molecule has 0 fully saturated rings. The van der Waals surface area contributed by atoms with Gasteiger partial charge in [-0.2, -0.15) is 0 Å². The number of benzene rings is 3. The molecule has 0 spiro atoms. The van der Waals surface area contributed by atoms with Crippen molar-refractivity contribution in [1.29, 1.82) is 0 Å². The van der Waals surface area contributed by atoms with Crippen molar-refractivity contribution >= 4 is 21.6 Å². The fraction of sp³-hybridized carbons (Fsp3) is 0.296. The number of hydrogen-bond acceptors (Lipinski definition) is 4. The molecule has 3 aromatic carbocycles. The summed E-state index contributed by atoms with van der Waals surface area (Å²) in [5.74, 6) is 0.504. The second kappa shape index (κ2) is 12.2. The number of rotatable bonds is 12. The Hall–Kier alpha value is -3.32. The molecule has 34 heavy (non-hydrogen) atoms. The Bertz CT molecular complexity index is 1160. The molecule has 0 atom stereocenters. The van der Waals surface area contributed by atoms with E-state index < -0.39 is 10.0 Å². The summed E-state index contributed by atoms with van der Waals surface area (Å²) in [6.07, 6.45) is 2.31. The molecule has 0 aliphatic heterocycles. The number of nitrogens with zero attached hydrogens (tertiary/aromatic N) is 1. The maximum absolute atomic E-state index is 13.4. The SMILES string of the molecule is CCOc1ccccc1CCCNC(=O)CN(c1ccc(CC)cc1)S(=O)(=O)c1ccccc1. The standard InChI is InChI=1S/C27H32N2O4S/c1-3-22-16-18-24(19-17-22)29(34(31,32)25-13-6-5-7-14-25)21-27(30)28-20-10-12-23-11-8-9-15-26(23)33-4-2/h5-9,11,13-19H,3-4,10,12,20-21H2,1-2H3,(H,28,30). The van der Waals surface area contributed by atoms with E-state index >= 15 is 0 Å². The van der Waals surface area contributed by atoms with Gasteiger partial charge in [0.05, 0.1) is 17.2 Å². The average Bonchev–Trinajstić information content (AvgIpc) is 2.87. The molecule has 0 saturated carbocycles. The van der Waals surface area contributed by atoms with Crippen LogP contribution in [0.5, 0.6) is 5.75 Å². The van der Waals surface area contributed by atoms with Gasteiger partial charge in [0, 0.05) is 6.54 Å². The molecule has 0 heterocycles. The van der Waals surface area contributed by atoms with Gasteiger partial charge < -0.3 is 10.1 Å². The van der Waals surface area contributed by atoms with Gasteiger partial charge >= 0.3 is 0 Å². The van der Waals surface area contributed by atoms with Crippen molar-refractivity contribution in [1.82, 2.24) is 5.32 Å². The third kappa shape index (κ3) is 6.60. The summed E-state index contributed by atoms with van der Waals surface area (Å²) in [6.45, 7) is 4.72. The van der Waals surface area contributed by atoms with Crippen molar-refractivity contribution in [2.75, 3.05) is 24.0 Å². The lowest BCUT2D eigenvalue weighted by molar-refractivity contribution is -0.119. The molecule has 0 unspecified atom stereocenters. The third-order valence-electron chi connectivity index (χ3n) is 5.47. The van der Waals surface area contributed by atoms with Crippen LogP contribution >= 0.6 is 0 Å². The van der Waals surface area contributed by atoms with Crippen LogP contribution in [0.3, 0.4) is 0 Å². The van der Waals surface area contributed by atoms with E-state index in [2.05, 4.69) is 5.32 Å². The van der Waals surface area contributed by atoms with Crippen molar-refractivity contribution in [2.24, 2.45) is 0 Å².